The molecule has 0 amide bonds. The van der Waals surface area contributed by atoms with Gasteiger partial charge < -0.3 is 10.4 Å². The van der Waals surface area contributed by atoms with Crippen LogP contribution in [0.1, 0.15) is 44.3 Å². The molecule has 0 radical (unpaired) electrons. The maximum absolute atomic E-state index is 10.0. The van der Waals surface area contributed by atoms with Gasteiger partial charge in [-0.05, 0) is 37.2 Å². The third kappa shape index (κ3) is 3.83. The summed E-state index contributed by atoms with van der Waals surface area (Å²) in [5.74, 6) is 0.882. The SMILES string of the molecule is CC1CCC(NC[C@@H](O)c2ccccc2)CC1. The molecule has 1 aliphatic rings. The smallest absolute Gasteiger partial charge is 0.0914 e. The Balaban J connectivity index is 1.75. The molecule has 2 heteroatoms. The lowest BCUT2D eigenvalue weighted by atomic mass is 9.87. The van der Waals surface area contributed by atoms with E-state index in [0.717, 1.165) is 11.5 Å². The van der Waals surface area contributed by atoms with Crippen molar-refractivity contribution >= 4 is 0 Å². The second kappa shape index (κ2) is 6.18. The molecule has 1 aromatic rings. The zero-order chi connectivity index (χ0) is 12.1. The lowest BCUT2D eigenvalue weighted by Crippen LogP contribution is -2.35. The maximum Gasteiger partial charge on any atom is 0.0914 e. The van der Waals surface area contributed by atoms with Crippen LogP contribution in [-0.4, -0.2) is 17.7 Å². The van der Waals surface area contributed by atoms with Crippen LogP contribution in [-0.2, 0) is 0 Å². The van der Waals surface area contributed by atoms with Gasteiger partial charge in [-0.1, -0.05) is 37.3 Å². The minimum Gasteiger partial charge on any atom is -0.387 e. The third-order valence-electron chi connectivity index (χ3n) is 3.80. The van der Waals surface area contributed by atoms with Crippen LogP contribution in [0.4, 0.5) is 0 Å². The van der Waals surface area contributed by atoms with Gasteiger partial charge in [0.1, 0.15) is 0 Å². The predicted molar refractivity (Wildman–Crippen MR) is 70.8 cm³/mol. The molecule has 2 N–H and O–H groups in total. The van der Waals surface area contributed by atoms with Crippen LogP contribution in [0.5, 0.6) is 0 Å². The van der Waals surface area contributed by atoms with E-state index in [0.29, 0.717) is 12.6 Å². The van der Waals surface area contributed by atoms with Crippen molar-refractivity contribution in [2.24, 2.45) is 5.92 Å². The Morgan fingerprint density at radius 2 is 1.82 bits per heavy atom. The van der Waals surface area contributed by atoms with E-state index in [2.05, 4.69) is 12.2 Å². The molecule has 1 saturated carbocycles. The highest BCUT2D eigenvalue weighted by atomic mass is 16.3. The summed E-state index contributed by atoms with van der Waals surface area (Å²) < 4.78 is 0. The van der Waals surface area contributed by atoms with Crippen molar-refractivity contribution < 1.29 is 5.11 Å². The van der Waals surface area contributed by atoms with E-state index in [4.69, 9.17) is 0 Å². The summed E-state index contributed by atoms with van der Waals surface area (Å²) in [5.41, 5.74) is 1.00. The van der Waals surface area contributed by atoms with Crippen LogP contribution in [0.2, 0.25) is 0 Å². The molecular weight excluding hydrogens is 210 g/mol. The standard InChI is InChI=1S/C15H23NO/c1-12-7-9-14(10-8-12)16-11-15(17)13-5-3-2-4-6-13/h2-6,12,14-17H,7-11H2,1H3/t12?,14?,15-/m1/s1. The molecule has 1 aliphatic carbocycles. The van der Waals surface area contributed by atoms with Crippen LogP contribution < -0.4 is 5.32 Å². The number of benzene rings is 1. The van der Waals surface area contributed by atoms with Crippen LogP contribution in [0.3, 0.4) is 0 Å². The topological polar surface area (TPSA) is 32.3 Å². The summed E-state index contributed by atoms with van der Waals surface area (Å²) in [5, 5.41) is 13.5. The molecule has 0 aliphatic heterocycles. The first kappa shape index (κ1) is 12.6. The fraction of sp³-hybridized carbons (Fsp3) is 0.600. The molecule has 1 aromatic carbocycles. The quantitative estimate of drug-likeness (QED) is 0.838. The van der Waals surface area contributed by atoms with E-state index < -0.39 is 0 Å². The third-order valence-corrected chi connectivity index (χ3v) is 3.80. The molecule has 2 nitrogen and oxygen atoms in total. The second-order valence-corrected chi connectivity index (χ2v) is 5.29. The van der Waals surface area contributed by atoms with Gasteiger partial charge in [0.15, 0.2) is 0 Å². The molecule has 1 fully saturated rings. The Morgan fingerprint density at radius 1 is 1.18 bits per heavy atom. The van der Waals surface area contributed by atoms with Crippen LogP contribution >= 0.6 is 0 Å². The molecule has 0 aromatic heterocycles. The maximum atomic E-state index is 10.0. The first-order chi connectivity index (χ1) is 8.25. The van der Waals surface area contributed by atoms with Crippen molar-refractivity contribution in [3.05, 3.63) is 35.9 Å². The van der Waals surface area contributed by atoms with Crippen molar-refractivity contribution in [2.45, 2.75) is 44.8 Å². The van der Waals surface area contributed by atoms with Crippen LogP contribution in [0.15, 0.2) is 30.3 Å². The number of aliphatic hydroxyl groups is 1. The fourth-order valence-corrected chi connectivity index (χ4v) is 2.54. The molecular formula is C15H23NO. The van der Waals surface area contributed by atoms with Gasteiger partial charge in [-0.2, -0.15) is 0 Å². The van der Waals surface area contributed by atoms with Crippen LogP contribution in [0, 0.1) is 5.92 Å². The van der Waals surface area contributed by atoms with E-state index in [9.17, 15) is 5.11 Å². The molecule has 0 unspecified atom stereocenters. The lowest BCUT2D eigenvalue weighted by molar-refractivity contribution is 0.163. The Labute approximate surface area is 104 Å². The summed E-state index contributed by atoms with van der Waals surface area (Å²) in [6.07, 6.45) is 4.76. The van der Waals surface area contributed by atoms with Gasteiger partial charge in [0.05, 0.1) is 6.10 Å². The Bertz CT molecular complexity index is 317. The monoisotopic (exact) mass is 233 g/mol. The molecule has 0 heterocycles. The summed E-state index contributed by atoms with van der Waals surface area (Å²) >= 11 is 0. The van der Waals surface area contributed by atoms with Crippen molar-refractivity contribution in [3.8, 4) is 0 Å². The molecule has 17 heavy (non-hydrogen) atoms. The van der Waals surface area contributed by atoms with Crippen molar-refractivity contribution in [1.82, 2.24) is 5.32 Å². The zero-order valence-electron chi connectivity index (χ0n) is 10.6. The minimum atomic E-state index is -0.379. The molecule has 94 valence electrons. The van der Waals surface area contributed by atoms with Gasteiger partial charge in [-0.15, -0.1) is 0 Å². The molecule has 2 rings (SSSR count). The van der Waals surface area contributed by atoms with Crippen molar-refractivity contribution in [2.75, 3.05) is 6.54 Å². The van der Waals surface area contributed by atoms with E-state index in [1.807, 2.05) is 30.3 Å². The molecule has 1 atom stereocenters. The Hall–Kier alpha value is -0.860. The molecule has 0 spiro atoms. The van der Waals surface area contributed by atoms with E-state index >= 15 is 0 Å². The number of nitrogens with one attached hydrogen (secondary N) is 1. The van der Waals surface area contributed by atoms with Crippen LogP contribution in [0.25, 0.3) is 0 Å². The first-order valence-electron chi connectivity index (χ1n) is 6.72. The fourth-order valence-electron chi connectivity index (χ4n) is 2.54. The highest BCUT2D eigenvalue weighted by molar-refractivity contribution is 5.17. The van der Waals surface area contributed by atoms with E-state index in [-0.39, 0.29) is 6.10 Å². The normalized spacial score (nSPS) is 26.7. The average Bonchev–Trinajstić information content (AvgIpc) is 2.39. The summed E-state index contributed by atoms with van der Waals surface area (Å²) in [4.78, 5) is 0. The predicted octanol–water partition coefficient (Wildman–Crippen LogP) is 2.89. The van der Waals surface area contributed by atoms with Gasteiger partial charge in [0.2, 0.25) is 0 Å². The van der Waals surface area contributed by atoms with Gasteiger partial charge in [-0.25, -0.2) is 0 Å². The summed E-state index contributed by atoms with van der Waals surface area (Å²) in [6, 6.07) is 10.5. The summed E-state index contributed by atoms with van der Waals surface area (Å²) in [6.45, 7) is 3.00. The number of rotatable bonds is 4. The average molecular weight is 233 g/mol. The number of aliphatic hydroxyl groups excluding tert-OH is 1. The van der Waals surface area contributed by atoms with E-state index in [1.54, 1.807) is 0 Å². The lowest BCUT2D eigenvalue weighted by Gasteiger charge is -2.28. The summed E-state index contributed by atoms with van der Waals surface area (Å²) in [7, 11) is 0. The van der Waals surface area contributed by atoms with Crippen molar-refractivity contribution in [1.29, 1.82) is 0 Å². The Morgan fingerprint density at radius 3 is 2.47 bits per heavy atom. The van der Waals surface area contributed by atoms with Gasteiger partial charge in [-0.3, -0.25) is 0 Å². The highest BCUT2D eigenvalue weighted by Crippen LogP contribution is 2.23. The number of hydrogen-bond donors (Lipinski definition) is 2. The largest absolute Gasteiger partial charge is 0.387 e. The van der Waals surface area contributed by atoms with Gasteiger partial charge in [0, 0.05) is 12.6 Å². The van der Waals surface area contributed by atoms with E-state index in [1.165, 1.54) is 25.7 Å². The zero-order valence-corrected chi connectivity index (χ0v) is 10.6. The first-order valence-corrected chi connectivity index (χ1v) is 6.72. The molecule has 0 bridgehead atoms. The van der Waals surface area contributed by atoms with Gasteiger partial charge >= 0.3 is 0 Å². The highest BCUT2D eigenvalue weighted by Gasteiger charge is 2.18. The number of hydrogen-bond acceptors (Lipinski definition) is 2. The Kier molecular flexibility index (Phi) is 4.57. The minimum absolute atomic E-state index is 0.379. The van der Waals surface area contributed by atoms with Crippen molar-refractivity contribution in [3.63, 3.8) is 0 Å². The van der Waals surface area contributed by atoms with Gasteiger partial charge in [0.25, 0.3) is 0 Å². The second-order valence-electron chi connectivity index (χ2n) is 5.29. The molecule has 0 saturated heterocycles.